The van der Waals surface area contributed by atoms with Crippen LogP contribution in [0.5, 0.6) is 0 Å². The Balaban J connectivity index is 4.49. The number of esters is 1. The molecule has 1 unspecified atom stereocenters. The van der Waals surface area contributed by atoms with Gasteiger partial charge in [0.25, 0.3) is 0 Å². The summed E-state index contributed by atoms with van der Waals surface area (Å²) in [6, 6.07) is 0. The Bertz CT molecular complexity index is 212. The third kappa shape index (κ3) is 3.92. The Morgan fingerprint density at radius 2 is 2.00 bits per heavy atom. The van der Waals surface area contributed by atoms with E-state index in [1.165, 1.54) is 12.7 Å². The molecule has 0 aromatic rings. The van der Waals surface area contributed by atoms with Crippen molar-refractivity contribution in [1.29, 1.82) is 0 Å². The third-order valence-electron chi connectivity index (χ3n) is 1.95. The average Bonchev–Trinajstić information content (AvgIpc) is 2.11. The van der Waals surface area contributed by atoms with E-state index in [4.69, 9.17) is 0 Å². The first-order valence-corrected chi connectivity index (χ1v) is 4.38. The zero-order valence-electron chi connectivity index (χ0n) is 8.83. The molecule has 0 aliphatic rings. The zero-order valence-corrected chi connectivity index (χ0v) is 8.83. The average molecular weight is 182 g/mol. The molecular formula is C11H18O2. The van der Waals surface area contributed by atoms with Crippen LogP contribution in [0.2, 0.25) is 0 Å². The molecule has 0 rings (SSSR count). The Morgan fingerprint density at radius 1 is 1.46 bits per heavy atom. The zero-order chi connectivity index (χ0) is 10.4. The summed E-state index contributed by atoms with van der Waals surface area (Å²) < 4.78 is 4.66. The van der Waals surface area contributed by atoms with E-state index < -0.39 is 0 Å². The predicted octanol–water partition coefficient (Wildman–Crippen LogP) is 2.56. The first-order chi connectivity index (χ1) is 6.02. The van der Waals surface area contributed by atoms with Crippen LogP contribution in [0.4, 0.5) is 0 Å². The molecule has 0 fully saturated rings. The van der Waals surface area contributed by atoms with Crippen molar-refractivity contribution in [3.05, 3.63) is 24.3 Å². The molecule has 0 N–H and O–H groups in total. The number of hydrogen-bond acceptors (Lipinski definition) is 2. The van der Waals surface area contributed by atoms with Crippen LogP contribution < -0.4 is 0 Å². The maximum absolute atomic E-state index is 11.2. The number of allylic oxidation sites excluding steroid dienone is 3. The Labute approximate surface area is 80.3 Å². The van der Waals surface area contributed by atoms with E-state index >= 15 is 0 Å². The van der Waals surface area contributed by atoms with Gasteiger partial charge in [0, 0.05) is 5.92 Å². The van der Waals surface area contributed by atoms with E-state index in [0.29, 0.717) is 0 Å². The molecule has 0 bridgehead atoms. The largest absolute Gasteiger partial charge is 0.469 e. The summed E-state index contributed by atoms with van der Waals surface area (Å²) in [4.78, 5) is 11.2. The van der Waals surface area contributed by atoms with Crippen molar-refractivity contribution in [3.8, 4) is 0 Å². The lowest BCUT2D eigenvalue weighted by Crippen LogP contribution is -2.19. The van der Waals surface area contributed by atoms with E-state index in [-0.39, 0.29) is 17.8 Å². The molecule has 2 heteroatoms. The van der Waals surface area contributed by atoms with Gasteiger partial charge in [-0.25, -0.2) is 0 Å². The molecule has 0 amide bonds. The third-order valence-corrected chi connectivity index (χ3v) is 1.95. The van der Waals surface area contributed by atoms with Crippen LogP contribution in [0.1, 0.15) is 20.8 Å². The van der Waals surface area contributed by atoms with Crippen molar-refractivity contribution < 1.29 is 9.53 Å². The Kier molecular flexibility index (Phi) is 5.12. The minimum atomic E-state index is -0.192. The van der Waals surface area contributed by atoms with Gasteiger partial charge >= 0.3 is 5.97 Å². The normalized spacial score (nSPS) is 14.2. The molecule has 0 saturated heterocycles. The molecule has 2 nitrogen and oxygen atoms in total. The molecule has 0 radical (unpaired) electrons. The quantitative estimate of drug-likeness (QED) is 0.493. The van der Waals surface area contributed by atoms with Crippen LogP contribution in [0, 0.1) is 11.8 Å². The summed E-state index contributed by atoms with van der Waals surface area (Å²) in [5, 5.41) is 0. The number of rotatable bonds is 4. The standard InChI is InChI=1S/C11H18O2/c1-6-10(7-8(2)3)9(4)11(12)13-5/h6-7,9-10H,1H2,2-5H3/t9?,10-/m0/s1. The first kappa shape index (κ1) is 11.9. The van der Waals surface area contributed by atoms with Crippen molar-refractivity contribution >= 4 is 5.97 Å². The molecule has 74 valence electrons. The molecule has 0 aromatic carbocycles. The molecule has 0 heterocycles. The van der Waals surface area contributed by atoms with Crippen molar-refractivity contribution in [2.75, 3.05) is 7.11 Å². The second-order valence-corrected chi connectivity index (χ2v) is 3.37. The van der Waals surface area contributed by atoms with Gasteiger partial charge in [0.1, 0.15) is 0 Å². The van der Waals surface area contributed by atoms with Gasteiger partial charge in [-0.2, -0.15) is 0 Å². The van der Waals surface area contributed by atoms with Gasteiger partial charge in [-0.15, -0.1) is 6.58 Å². The fourth-order valence-corrected chi connectivity index (χ4v) is 1.14. The highest BCUT2D eigenvalue weighted by Gasteiger charge is 2.19. The number of ether oxygens (including phenoxy) is 1. The van der Waals surface area contributed by atoms with Crippen LogP contribution in [0.25, 0.3) is 0 Å². The van der Waals surface area contributed by atoms with Gasteiger partial charge < -0.3 is 4.74 Å². The smallest absolute Gasteiger partial charge is 0.309 e. The molecule has 0 spiro atoms. The fraction of sp³-hybridized carbons (Fsp3) is 0.545. The lowest BCUT2D eigenvalue weighted by Gasteiger charge is -2.15. The van der Waals surface area contributed by atoms with Crippen molar-refractivity contribution in [3.63, 3.8) is 0 Å². The topological polar surface area (TPSA) is 26.3 Å². The number of carbonyl (C=O) groups excluding carboxylic acids is 1. The molecular weight excluding hydrogens is 164 g/mol. The monoisotopic (exact) mass is 182 g/mol. The van der Waals surface area contributed by atoms with E-state index in [2.05, 4.69) is 11.3 Å². The fourth-order valence-electron chi connectivity index (χ4n) is 1.14. The van der Waals surface area contributed by atoms with E-state index in [1.54, 1.807) is 6.08 Å². The first-order valence-electron chi connectivity index (χ1n) is 4.38. The van der Waals surface area contributed by atoms with Crippen LogP contribution >= 0.6 is 0 Å². The van der Waals surface area contributed by atoms with E-state index in [0.717, 1.165) is 0 Å². The predicted molar refractivity (Wildman–Crippen MR) is 54.3 cm³/mol. The lowest BCUT2D eigenvalue weighted by atomic mass is 9.92. The second kappa shape index (κ2) is 5.57. The highest BCUT2D eigenvalue weighted by Crippen LogP contribution is 2.17. The van der Waals surface area contributed by atoms with Gasteiger partial charge in [0.2, 0.25) is 0 Å². The van der Waals surface area contributed by atoms with Gasteiger partial charge in [0.05, 0.1) is 13.0 Å². The minimum absolute atomic E-state index is 0.0671. The van der Waals surface area contributed by atoms with Crippen LogP contribution in [0.3, 0.4) is 0 Å². The highest BCUT2D eigenvalue weighted by atomic mass is 16.5. The molecule has 2 atom stereocenters. The van der Waals surface area contributed by atoms with E-state index in [9.17, 15) is 4.79 Å². The van der Waals surface area contributed by atoms with Gasteiger partial charge in [-0.05, 0) is 13.8 Å². The van der Waals surface area contributed by atoms with Gasteiger partial charge in [-0.3, -0.25) is 4.79 Å². The number of hydrogen-bond donors (Lipinski definition) is 0. The van der Waals surface area contributed by atoms with Crippen LogP contribution in [-0.4, -0.2) is 13.1 Å². The molecule has 0 saturated carbocycles. The van der Waals surface area contributed by atoms with Crippen molar-refractivity contribution in [2.45, 2.75) is 20.8 Å². The van der Waals surface area contributed by atoms with E-state index in [1.807, 2.05) is 26.8 Å². The van der Waals surface area contributed by atoms with Crippen LogP contribution in [-0.2, 0) is 9.53 Å². The summed E-state index contributed by atoms with van der Waals surface area (Å²) in [6.45, 7) is 9.55. The van der Waals surface area contributed by atoms with Crippen molar-refractivity contribution in [2.24, 2.45) is 11.8 Å². The van der Waals surface area contributed by atoms with Crippen molar-refractivity contribution in [1.82, 2.24) is 0 Å². The molecule has 0 aromatic heterocycles. The number of methoxy groups -OCH3 is 1. The summed E-state index contributed by atoms with van der Waals surface area (Å²) in [6.07, 6.45) is 3.79. The van der Waals surface area contributed by atoms with Gasteiger partial charge in [-0.1, -0.05) is 24.6 Å². The summed E-state index contributed by atoms with van der Waals surface area (Å²) in [7, 11) is 1.40. The summed E-state index contributed by atoms with van der Waals surface area (Å²) in [5.41, 5.74) is 1.18. The SMILES string of the molecule is C=C[C@@H](C=C(C)C)C(C)C(=O)OC. The Morgan fingerprint density at radius 3 is 2.31 bits per heavy atom. The summed E-state index contributed by atoms with van der Waals surface area (Å²) >= 11 is 0. The Hall–Kier alpha value is -1.05. The molecule has 0 aliphatic heterocycles. The summed E-state index contributed by atoms with van der Waals surface area (Å²) in [5.74, 6) is -0.280. The number of carbonyl (C=O) groups is 1. The van der Waals surface area contributed by atoms with Gasteiger partial charge in [0.15, 0.2) is 0 Å². The molecule has 13 heavy (non-hydrogen) atoms. The maximum atomic E-state index is 11.2. The van der Waals surface area contributed by atoms with Crippen LogP contribution in [0.15, 0.2) is 24.3 Å². The molecule has 0 aliphatic carbocycles. The second-order valence-electron chi connectivity index (χ2n) is 3.37. The maximum Gasteiger partial charge on any atom is 0.309 e. The highest BCUT2D eigenvalue weighted by molar-refractivity contribution is 5.72. The minimum Gasteiger partial charge on any atom is -0.469 e. The lowest BCUT2D eigenvalue weighted by molar-refractivity contribution is -0.145.